The van der Waals surface area contributed by atoms with Crippen LogP contribution in [0.3, 0.4) is 0 Å². The number of benzene rings is 1. The summed E-state index contributed by atoms with van der Waals surface area (Å²) in [4.78, 5) is 12.4. The molecule has 0 fully saturated rings. The van der Waals surface area contributed by atoms with E-state index in [9.17, 15) is 18.0 Å². The summed E-state index contributed by atoms with van der Waals surface area (Å²) in [6.45, 7) is 5.47. The fourth-order valence-corrected chi connectivity index (χ4v) is 2.55. The van der Waals surface area contributed by atoms with E-state index in [1.54, 1.807) is 11.6 Å². The van der Waals surface area contributed by atoms with E-state index in [1.807, 2.05) is 13.8 Å². The summed E-state index contributed by atoms with van der Waals surface area (Å²) < 4.78 is 47.0. The van der Waals surface area contributed by atoms with Crippen molar-refractivity contribution in [3.63, 3.8) is 0 Å². The van der Waals surface area contributed by atoms with Crippen LogP contribution >= 0.6 is 0 Å². The van der Waals surface area contributed by atoms with E-state index in [2.05, 4.69) is 10.4 Å². The van der Waals surface area contributed by atoms with Crippen molar-refractivity contribution in [2.24, 2.45) is 0 Å². The quantitative estimate of drug-likeness (QED) is 0.860. The lowest BCUT2D eigenvalue weighted by molar-refractivity contribution is 0.0742. The zero-order chi connectivity index (χ0) is 18.7. The highest BCUT2D eigenvalue weighted by atomic mass is 19.3. The molecule has 1 atom stereocenters. The zero-order valence-electron chi connectivity index (χ0n) is 14.4. The molecule has 0 saturated carbocycles. The maximum atomic E-state index is 13.8. The van der Waals surface area contributed by atoms with Crippen molar-refractivity contribution < 1.29 is 22.7 Å². The summed E-state index contributed by atoms with van der Waals surface area (Å²) in [7, 11) is 1.28. The Hall–Kier alpha value is -2.51. The largest absolute Gasteiger partial charge is 0.494 e. The normalized spacial score (nSPS) is 12.5. The van der Waals surface area contributed by atoms with Gasteiger partial charge in [0.1, 0.15) is 6.04 Å². The lowest BCUT2D eigenvalue weighted by Gasteiger charge is -2.19. The van der Waals surface area contributed by atoms with Gasteiger partial charge in [0.15, 0.2) is 11.6 Å². The van der Waals surface area contributed by atoms with Gasteiger partial charge in [-0.2, -0.15) is 5.10 Å². The molecule has 2 rings (SSSR count). The smallest absolute Gasteiger partial charge is 0.262 e. The van der Waals surface area contributed by atoms with Crippen molar-refractivity contribution in [1.29, 1.82) is 0 Å². The second-order valence-electron chi connectivity index (χ2n) is 5.86. The van der Waals surface area contributed by atoms with Gasteiger partial charge in [-0.15, -0.1) is 0 Å². The van der Waals surface area contributed by atoms with E-state index in [0.29, 0.717) is 5.69 Å². The van der Waals surface area contributed by atoms with Gasteiger partial charge in [-0.1, -0.05) is 6.07 Å². The molecule has 1 unspecified atom stereocenters. The number of methoxy groups -OCH3 is 1. The molecule has 1 aromatic heterocycles. The third kappa shape index (κ3) is 3.94. The molecule has 1 N–H and O–H groups in total. The fraction of sp³-hybridized carbons (Fsp3) is 0.412. The highest BCUT2D eigenvalue weighted by Crippen LogP contribution is 2.26. The molecule has 0 aliphatic heterocycles. The summed E-state index contributed by atoms with van der Waals surface area (Å²) in [6.07, 6.45) is -1.57. The summed E-state index contributed by atoms with van der Waals surface area (Å²) in [5.74, 6) is -1.52. The molecule has 0 spiro atoms. The van der Waals surface area contributed by atoms with E-state index < -0.39 is 24.2 Å². The molecule has 2 aromatic rings. The van der Waals surface area contributed by atoms with Crippen molar-refractivity contribution in [1.82, 2.24) is 15.1 Å². The van der Waals surface area contributed by atoms with Crippen LogP contribution in [0, 0.1) is 12.7 Å². The number of alkyl halides is 2. The number of hydrogen-bond donors (Lipinski definition) is 1. The molecule has 136 valence electrons. The first-order valence-corrected chi connectivity index (χ1v) is 7.72. The lowest BCUT2D eigenvalue weighted by atomic mass is 10.1. The summed E-state index contributed by atoms with van der Waals surface area (Å²) in [5, 5.41) is 6.35. The Morgan fingerprint density at radius 3 is 2.48 bits per heavy atom. The molecule has 1 amide bonds. The van der Waals surface area contributed by atoms with Crippen LogP contribution < -0.4 is 10.1 Å². The van der Waals surface area contributed by atoms with Gasteiger partial charge < -0.3 is 10.1 Å². The summed E-state index contributed by atoms with van der Waals surface area (Å²) >= 11 is 0. The van der Waals surface area contributed by atoms with E-state index >= 15 is 0 Å². The molecule has 0 radical (unpaired) electrons. The number of carbonyl (C=O) groups is 1. The number of nitrogens with zero attached hydrogens (tertiary/aromatic N) is 2. The van der Waals surface area contributed by atoms with Crippen LogP contribution in [-0.4, -0.2) is 29.2 Å². The van der Waals surface area contributed by atoms with Crippen LogP contribution in [0.5, 0.6) is 5.75 Å². The van der Waals surface area contributed by atoms with Crippen LogP contribution in [0.4, 0.5) is 13.2 Å². The van der Waals surface area contributed by atoms with Gasteiger partial charge >= 0.3 is 0 Å². The number of aromatic nitrogens is 2. The molecule has 0 saturated heterocycles. The van der Waals surface area contributed by atoms with Crippen molar-refractivity contribution in [2.45, 2.75) is 39.3 Å². The number of ether oxygens (including phenoxy) is 1. The second-order valence-corrected chi connectivity index (χ2v) is 5.86. The average Bonchev–Trinajstić information content (AvgIpc) is 2.94. The predicted molar refractivity (Wildman–Crippen MR) is 86.5 cm³/mol. The highest BCUT2D eigenvalue weighted by molar-refractivity contribution is 5.95. The van der Waals surface area contributed by atoms with Crippen LogP contribution in [0.15, 0.2) is 24.4 Å². The van der Waals surface area contributed by atoms with E-state index in [1.165, 1.54) is 25.4 Å². The minimum Gasteiger partial charge on any atom is -0.494 e. The van der Waals surface area contributed by atoms with Crippen molar-refractivity contribution in [3.05, 3.63) is 47.0 Å². The molecular formula is C17H20F3N3O2. The van der Waals surface area contributed by atoms with Gasteiger partial charge in [-0.25, -0.2) is 13.2 Å². The van der Waals surface area contributed by atoms with Gasteiger partial charge in [-0.05, 0) is 38.5 Å². The molecule has 8 heteroatoms. The first kappa shape index (κ1) is 18.8. The van der Waals surface area contributed by atoms with Crippen LogP contribution in [0.25, 0.3) is 0 Å². The van der Waals surface area contributed by atoms with E-state index in [4.69, 9.17) is 4.74 Å². The number of hydrogen-bond acceptors (Lipinski definition) is 3. The first-order valence-electron chi connectivity index (χ1n) is 7.72. The lowest BCUT2D eigenvalue weighted by Crippen LogP contribution is -2.33. The Bertz CT molecular complexity index is 760. The fourth-order valence-electron chi connectivity index (χ4n) is 2.55. The molecule has 0 aliphatic carbocycles. The predicted octanol–water partition coefficient (Wildman–Crippen LogP) is 3.66. The maximum Gasteiger partial charge on any atom is 0.262 e. The van der Waals surface area contributed by atoms with Crippen molar-refractivity contribution in [2.75, 3.05) is 7.11 Å². The van der Waals surface area contributed by atoms with Crippen molar-refractivity contribution in [3.8, 4) is 5.75 Å². The topological polar surface area (TPSA) is 56.1 Å². The zero-order valence-corrected chi connectivity index (χ0v) is 14.4. The van der Waals surface area contributed by atoms with Gasteiger partial charge in [0.25, 0.3) is 12.3 Å². The first-order chi connectivity index (χ1) is 11.8. The summed E-state index contributed by atoms with van der Waals surface area (Å²) in [6, 6.07) is 1.86. The molecule has 1 heterocycles. The molecule has 1 aromatic carbocycles. The minimum absolute atomic E-state index is 0.0307. The average molecular weight is 355 g/mol. The Labute approximate surface area is 143 Å². The second kappa shape index (κ2) is 7.58. The molecule has 25 heavy (non-hydrogen) atoms. The van der Waals surface area contributed by atoms with Gasteiger partial charge in [0.05, 0.1) is 18.9 Å². The number of halogens is 3. The molecular weight excluding hydrogens is 335 g/mol. The monoisotopic (exact) mass is 355 g/mol. The molecule has 5 nitrogen and oxygen atoms in total. The summed E-state index contributed by atoms with van der Waals surface area (Å²) in [5.41, 5.74) is 0.727. The van der Waals surface area contributed by atoms with Crippen LogP contribution in [0.2, 0.25) is 0 Å². The Morgan fingerprint density at radius 1 is 1.32 bits per heavy atom. The van der Waals surface area contributed by atoms with Gasteiger partial charge in [0, 0.05) is 11.7 Å². The van der Waals surface area contributed by atoms with Gasteiger partial charge in [-0.3, -0.25) is 9.48 Å². The van der Waals surface area contributed by atoms with Crippen molar-refractivity contribution >= 4 is 5.91 Å². The Morgan fingerprint density at radius 2 is 2.00 bits per heavy atom. The third-order valence-corrected chi connectivity index (χ3v) is 3.85. The molecule has 0 aliphatic rings. The SMILES string of the molecule is COc1ccc(C(NC(=O)c2cnn(C(C)C)c2C)C(F)F)cc1F. The standard InChI is InChI=1S/C17H20F3N3O2/c1-9(2)23-10(3)12(8-21-23)17(24)22-15(16(19)20)11-5-6-14(25-4)13(18)7-11/h5-9,15-16H,1-4H3,(H,22,24). The van der Waals surface area contributed by atoms with Crippen LogP contribution in [0.1, 0.15) is 47.5 Å². The van der Waals surface area contributed by atoms with Crippen LogP contribution in [-0.2, 0) is 0 Å². The number of nitrogens with one attached hydrogen (secondary N) is 1. The maximum absolute atomic E-state index is 13.8. The highest BCUT2D eigenvalue weighted by Gasteiger charge is 2.27. The van der Waals surface area contributed by atoms with Gasteiger partial charge in [0.2, 0.25) is 0 Å². The third-order valence-electron chi connectivity index (χ3n) is 3.85. The Kier molecular flexibility index (Phi) is 5.71. The number of carbonyl (C=O) groups excluding carboxylic acids is 1. The number of amides is 1. The molecule has 0 bridgehead atoms. The Balaban J connectivity index is 2.27. The minimum atomic E-state index is -2.91. The van der Waals surface area contributed by atoms with E-state index in [-0.39, 0.29) is 22.9 Å². The van der Waals surface area contributed by atoms with E-state index in [0.717, 1.165) is 6.07 Å². The number of rotatable bonds is 6.